The highest BCUT2D eigenvalue weighted by atomic mass is 32.2. The van der Waals surface area contributed by atoms with Crippen molar-refractivity contribution in [2.24, 2.45) is 4.99 Å². The summed E-state index contributed by atoms with van der Waals surface area (Å²) in [6.45, 7) is 0. The number of aliphatic imine (C=N–C) groups is 1. The molecule has 2 heterocycles. The molecule has 2 aromatic rings. The lowest BCUT2D eigenvalue weighted by molar-refractivity contribution is -0.157. The van der Waals surface area contributed by atoms with Gasteiger partial charge in [0.25, 0.3) is 0 Å². The molecule has 0 aromatic heterocycles. The molecule has 10 heteroatoms. The Morgan fingerprint density at radius 3 is 2.73 bits per heavy atom. The van der Waals surface area contributed by atoms with Crippen LogP contribution in [0.5, 0.6) is 0 Å². The molecule has 0 radical (unpaired) electrons. The molecule has 0 spiro atoms. The molecule has 0 bridgehead atoms. The van der Waals surface area contributed by atoms with Crippen LogP contribution in [0.15, 0.2) is 53.5 Å². The van der Waals surface area contributed by atoms with E-state index in [0.29, 0.717) is 15.0 Å². The Morgan fingerprint density at radius 2 is 1.93 bits per heavy atom. The number of carbonyl (C=O) groups excluding carboxylic acids is 2. The third-order valence-corrected chi connectivity index (χ3v) is 6.88. The maximum absolute atomic E-state index is 13.8. The number of rotatable bonds is 2. The highest BCUT2D eigenvalue weighted by Gasteiger charge is 2.48. The Morgan fingerprint density at radius 1 is 1.20 bits per heavy atom. The van der Waals surface area contributed by atoms with Gasteiger partial charge in [-0.25, -0.2) is 4.99 Å². The molecule has 4 rings (SSSR count). The number of nitrogens with zero attached hydrogens (tertiary/aromatic N) is 2. The summed E-state index contributed by atoms with van der Waals surface area (Å²) in [5.74, 6) is -1.04. The van der Waals surface area contributed by atoms with Gasteiger partial charge in [-0.3, -0.25) is 14.5 Å². The Balaban J connectivity index is 1.59. The van der Waals surface area contributed by atoms with Crippen LogP contribution < -0.4 is 10.2 Å². The SMILES string of the molecule is O=C1C[C@@H](C(F)(F)F)N(C(=O)CSC2=Nc3ccccc3CS2)c2ccccc2N1. The van der Waals surface area contributed by atoms with Crippen LogP contribution in [0, 0.1) is 0 Å². The fourth-order valence-electron chi connectivity index (χ4n) is 3.27. The first-order valence-electron chi connectivity index (χ1n) is 9.03. The molecule has 0 saturated heterocycles. The standard InChI is InChI=1S/C20H16F3N3O2S2/c21-20(22,23)16-9-17(27)24-14-7-3-4-8-15(14)26(16)18(28)11-30-19-25-13-6-2-1-5-12(13)10-29-19/h1-8,16H,9-11H2,(H,24,27)/t16-/m0/s1. The van der Waals surface area contributed by atoms with Gasteiger partial charge in [-0.2, -0.15) is 13.2 Å². The van der Waals surface area contributed by atoms with Crippen LogP contribution in [-0.2, 0) is 15.3 Å². The normalized spacial score (nSPS) is 18.6. The Labute approximate surface area is 179 Å². The van der Waals surface area contributed by atoms with E-state index in [1.165, 1.54) is 30.0 Å². The fraction of sp³-hybridized carbons (Fsp3) is 0.250. The second-order valence-electron chi connectivity index (χ2n) is 6.67. The van der Waals surface area contributed by atoms with Crippen molar-refractivity contribution >= 4 is 56.8 Å². The first-order valence-corrected chi connectivity index (χ1v) is 11.0. The van der Waals surface area contributed by atoms with Gasteiger partial charge in [0.2, 0.25) is 11.8 Å². The van der Waals surface area contributed by atoms with Gasteiger partial charge in [0, 0.05) is 5.75 Å². The van der Waals surface area contributed by atoms with E-state index in [2.05, 4.69) is 10.3 Å². The number of carbonyl (C=O) groups is 2. The summed E-state index contributed by atoms with van der Waals surface area (Å²) in [5, 5.41) is 2.46. The minimum atomic E-state index is -4.74. The van der Waals surface area contributed by atoms with Crippen molar-refractivity contribution in [2.75, 3.05) is 16.0 Å². The zero-order valence-corrected chi connectivity index (χ0v) is 17.1. The number of benzene rings is 2. The average molecular weight is 451 g/mol. The van der Waals surface area contributed by atoms with Gasteiger partial charge < -0.3 is 5.32 Å². The maximum Gasteiger partial charge on any atom is 0.409 e. The van der Waals surface area contributed by atoms with Crippen LogP contribution in [0.2, 0.25) is 0 Å². The van der Waals surface area contributed by atoms with Crippen molar-refractivity contribution in [1.29, 1.82) is 0 Å². The van der Waals surface area contributed by atoms with Crippen LogP contribution in [0.1, 0.15) is 12.0 Å². The Kier molecular flexibility index (Phi) is 5.79. The third-order valence-electron chi connectivity index (χ3n) is 4.65. The molecule has 2 aromatic carbocycles. The summed E-state index contributed by atoms with van der Waals surface area (Å²) in [6, 6.07) is 11.4. The van der Waals surface area contributed by atoms with Crippen molar-refractivity contribution in [3.63, 3.8) is 0 Å². The van der Waals surface area contributed by atoms with Gasteiger partial charge in [-0.05, 0) is 23.8 Å². The predicted octanol–water partition coefficient (Wildman–Crippen LogP) is 4.96. The van der Waals surface area contributed by atoms with E-state index in [-0.39, 0.29) is 17.1 Å². The van der Waals surface area contributed by atoms with E-state index in [4.69, 9.17) is 0 Å². The second kappa shape index (κ2) is 8.35. The maximum atomic E-state index is 13.8. The summed E-state index contributed by atoms with van der Waals surface area (Å²) >= 11 is 2.55. The highest BCUT2D eigenvalue weighted by molar-refractivity contribution is 8.38. The molecule has 2 aliphatic rings. The van der Waals surface area contributed by atoms with E-state index in [0.717, 1.165) is 23.0 Å². The van der Waals surface area contributed by atoms with Crippen molar-refractivity contribution in [2.45, 2.75) is 24.4 Å². The van der Waals surface area contributed by atoms with Crippen molar-refractivity contribution in [3.05, 3.63) is 54.1 Å². The van der Waals surface area contributed by atoms with Gasteiger partial charge in [0.15, 0.2) is 0 Å². The van der Waals surface area contributed by atoms with E-state index in [1.807, 2.05) is 24.3 Å². The van der Waals surface area contributed by atoms with Gasteiger partial charge in [-0.15, -0.1) is 0 Å². The molecule has 2 aliphatic heterocycles. The lowest BCUT2D eigenvalue weighted by atomic mass is 10.1. The minimum absolute atomic E-state index is 0.0415. The molecule has 156 valence electrons. The summed E-state index contributed by atoms with van der Waals surface area (Å²) in [7, 11) is 0. The largest absolute Gasteiger partial charge is 0.409 e. The number of thioether (sulfide) groups is 2. The summed E-state index contributed by atoms with van der Waals surface area (Å²) in [6.07, 6.45) is -5.59. The molecular weight excluding hydrogens is 435 g/mol. The van der Waals surface area contributed by atoms with Gasteiger partial charge in [0.1, 0.15) is 10.4 Å². The Bertz CT molecular complexity index is 1030. The number of fused-ring (bicyclic) bond motifs is 2. The smallest absolute Gasteiger partial charge is 0.324 e. The van der Waals surface area contributed by atoms with Gasteiger partial charge in [-0.1, -0.05) is 53.9 Å². The molecule has 0 fully saturated rings. The molecule has 0 saturated carbocycles. The van der Waals surface area contributed by atoms with E-state index < -0.39 is 30.5 Å². The molecule has 1 N–H and O–H groups in total. The molecule has 30 heavy (non-hydrogen) atoms. The van der Waals surface area contributed by atoms with Crippen molar-refractivity contribution < 1.29 is 22.8 Å². The number of hydrogen-bond donors (Lipinski definition) is 1. The third kappa shape index (κ3) is 4.34. The van der Waals surface area contributed by atoms with Crippen LogP contribution in [0.25, 0.3) is 0 Å². The van der Waals surface area contributed by atoms with E-state index in [1.54, 1.807) is 6.07 Å². The number of amides is 2. The monoisotopic (exact) mass is 451 g/mol. The first kappa shape index (κ1) is 20.8. The molecule has 2 amide bonds. The van der Waals surface area contributed by atoms with Gasteiger partial charge in [0.05, 0.1) is 29.2 Å². The van der Waals surface area contributed by atoms with E-state index >= 15 is 0 Å². The average Bonchev–Trinajstić information content (AvgIpc) is 2.87. The molecule has 0 aliphatic carbocycles. The van der Waals surface area contributed by atoms with Crippen LogP contribution in [0.4, 0.5) is 30.2 Å². The quantitative estimate of drug-likeness (QED) is 0.701. The molecule has 5 nitrogen and oxygen atoms in total. The lowest BCUT2D eigenvalue weighted by Crippen LogP contribution is -2.50. The van der Waals surface area contributed by atoms with E-state index in [9.17, 15) is 22.8 Å². The number of anilines is 2. The fourth-order valence-corrected chi connectivity index (χ4v) is 5.20. The number of halogens is 3. The topological polar surface area (TPSA) is 61.8 Å². The minimum Gasteiger partial charge on any atom is -0.324 e. The van der Waals surface area contributed by atoms with Crippen LogP contribution in [0.3, 0.4) is 0 Å². The summed E-state index contributed by atoms with van der Waals surface area (Å²) in [5.41, 5.74) is 2.10. The molecular formula is C20H16F3N3O2S2. The molecule has 0 unspecified atom stereocenters. The lowest BCUT2D eigenvalue weighted by Gasteiger charge is -2.31. The zero-order chi connectivity index (χ0) is 21.3. The Hall–Kier alpha value is -2.46. The molecule has 1 atom stereocenters. The number of nitrogens with one attached hydrogen (secondary N) is 1. The zero-order valence-electron chi connectivity index (χ0n) is 15.5. The van der Waals surface area contributed by atoms with Crippen molar-refractivity contribution in [3.8, 4) is 0 Å². The van der Waals surface area contributed by atoms with Gasteiger partial charge >= 0.3 is 6.18 Å². The summed E-state index contributed by atoms with van der Waals surface area (Å²) < 4.78 is 41.9. The summed E-state index contributed by atoms with van der Waals surface area (Å²) in [4.78, 5) is 30.2. The second-order valence-corrected chi connectivity index (χ2v) is 8.86. The van der Waals surface area contributed by atoms with Crippen molar-refractivity contribution in [1.82, 2.24) is 0 Å². The number of para-hydroxylation sites is 3. The predicted molar refractivity (Wildman–Crippen MR) is 114 cm³/mol. The van der Waals surface area contributed by atoms with Crippen LogP contribution in [-0.4, -0.2) is 34.2 Å². The number of alkyl halides is 3. The number of hydrogen-bond acceptors (Lipinski definition) is 5. The van der Waals surface area contributed by atoms with Crippen LogP contribution >= 0.6 is 23.5 Å². The first-order chi connectivity index (χ1) is 14.3. The highest BCUT2D eigenvalue weighted by Crippen LogP contribution is 2.39.